The van der Waals surface area contributed by atoms with Gasteiger partial charge in [0.25, 0.3) is 0 Å². The van der Waals surface area contributed by atoms with E-state index in [1.54, 1.807) is 0 Å². The zero-order valence-corrected chi connectivity index (χ0v) is 10.3. The first-order chi connectivity index (χ1) is 6.77. The lowest BCUT2D eigenvalue weighted by molar-refractivity contribution is -0.914. The number of rotatable bonds is 2. The summed E-state index contributed by atoms with van der Waals surface area (Å²) in [6.45, 7) is 6.53. The van der Waals surface area contributed by atoms with Crippen molar-refractivity contribution in [3.05, 3.63) is 0 Å². The van der Waals surface area contributed by atoms with E-state index in [0.29, 0.717) is 0 Å². The predicted octanol–water partition coefficient (Wildman–Crippen LogP) is 1.03. The molecule has 0 radical (unpaired) electrons. The molecule has 1 rings (SSSR count). The maximum Gasteiger partial charge on any atom is 0.215 e. The van der Waals surface area contributed by atoms with E-state index in [0.717, 1.165) is 0 Å². The first kappa shape index (κ1) is 14.8. The predicted molar refractivity (Wildman–Crippen MR) is 57.3 cm³/mol. The highest BCUT2D eigenvalue weighted by Gasteiger charge is 2.22. The molecule has 5 nitrogen and oxygen atoms in total. The zero-order chi connectivity index (χ0) is 11.9. The van der Waals surface area contributed by atoms with Crippen molar-refractivity contribution in [3.8, 4) is 0 Å². The van der Waals surface area contributed by atoms with Gasteiger partial charge in [-0.15, -0.1) is 0 Å². The minimum absolute atomic E-state index is 1.34. The second-order valence-corrected chi connectivity index (χ2v) is 5.13. The average molecular weight is 239 g/mol. The van der Waals surface area contributed by atoms with Crippen LogP contribution in [0.4, 0.5) is 0 Å². The third-order valence-electron chi connectivity index (χ3n) is 2.66. The van der Waals surface area contributed by atoms with Gasteiger partial charge in [-0.3, -0.25) is 4.55 Å². The van der Waals surface area contributed by atoms with Crippen LogP contribution in [-0.2, 0) is 10.4 Å². The second-order valence-electron chi connectivity index (χ2n) is 4.28. The molecule has 1 heterocycles. The molecular weight excluding hydrogens is 218 g/mol. The highest BCUT2D eigenvalue weighted by atomic mass is 32.3. The van der Waals surface area contributed by atoms with Gasteiger partial charge in [-0.2, -0.15) is 0 Å². The molecule has 1 fully saturated rings. The molecule has 0 atom stereocenters. The summed E-state index contributed by atoms with van der Waals surface area (Å²) in [5.41, 5.74) is 0. The van der Waals surface area contributed by atoms with Gasteiger partial charge in [-0.25, -0.2) is 8.42 Å². The van der Waals surface area contributed by atoms with Gasteiger partial charge in [0, 0.05) is 0 Å². The van der Waals surface area contributed by atoms with Crippen LogP contribution in [0.15, 0.2) is 0 Å². The maximum atomic E-state index is 8.63. The van der Waals surface area contributed by atoms with Gasteiger partial charge in [0.05, 0.1) is 26.7 Å². The summed E-state index contributed by atoms with van der Waals surface area (Å²) in [5.74, 6) is 0. The number of piperidine rings is 1. The Bertz CT molecular complexity index is 244. The van der Waals surface area contributed by atoms with Crippen LogP contribution in [0.25, 0.3) is 0 Å². The van der Waals surface area contributed by atoms with Crippen molar-refractivity contribution >= 4 is 10.4 Å². The van der Waals surface area contributed by atoms with Crippen LogP contribution in [0.2, 0.25) is 0 Å². The van der Waals surface area contributed by atoms with Gasteiger partial charge in [0.2, 0.25) is 10.4 Å². The standard InChI is InChI=1S/C9H20N.H2O4S/c1-3-7-10(2)8-5-4-6-9-10;1-5(2,3)4/h3-9H2,1-2H3;(H2,1,2,3,4)/q+1;/p-1. The number of hydrogen-bond donors (Lipinski definition) is 1. The molecule has 1 saturated heterocycles. The number of hydrogen-bond acceptors (Lipinski definition) is 3. The molecule has 15 heavy (non-hydrogen) atoms. The van der Waals surface area contributed by atoms with Gasteiger partial charge < -0.3 is 9.04 Å². The molecule has 0 aliphatic carbocycles. The van der Waals surface area contributed by atoms with Crippen molar-refractivity contribution in [2.45, 2.75) is 32.6 Å². The normalized spacial score (nSPS) is 20.3. The van der Waals surface area contributed by atoms with Crippen molar-refractivity contribution in [2.24, 2.45) is 0 Å². The molecule has 0 aromatic rings. The number of nitrogens with zero attached hydrogens (tertiary/aromatic N) is 1. The van der Waals surface area contributed by atoms with E-state index in [9.17, 15) is 0 Å². The first-order valence-electron chi connectivity index (χ1n) is 5.29. The second kappa shape index (κ2) is 6.42. The van der Waals surface area contributed by atoms with E-state index in [4.69, 9.17) is 17.5 Å². The van der Waals surface area contributed by atoms with Gasteiger partial charge in [0.15, 0.2) is 0 Å². The van der Waals surface area contributed by atoms with E-state index >= 15 is 0 Å². The quantitative estimate of drug-likeness (QED) is 0.443. The van der Waals surface area contributed by atoms with E-state index in [-0.39, 0.29) is 0 Å². The minimum Gasteiger partial charge on any atom is -0.726 e. The van der Waals surface area contributed by atoms with Crippen LogP contribution < -0.4 is 0 Å². The average Bonchev–Trinajstić information content (AvgIpc) is 2.02. The summed E-state index contributed by atoms with van der Waals surface area (Å²) in [6, 6.07) is 0. The molecule has 0 aromatic carbocycles. The molecule has 0 amide bonds. The van der Waals surface area contributed by atoms with Crippen LogP contribution >= 0.6 is 0 Å². The Hall–Kier alpha value is -0.170. The molecule has 0 bridgehead atoms. The Balaban J connectivity index is 0.000000336. The maximum absolute atomic E-state index is 8.63. The highest BCUT2D eigenvalue weighted by molar-refractivity contribution is 7.79. The number of quaternary nitrogens is 1. The van der Waals surface area contributed by atoms with Crippen molar-refractivity contribution in [1.82, 2.24) is 0 Å². The van der Waals surface area contributed by atoms with Crippen LogP contribution in [0.3, 0.4) is 0 Å². The summed E-state index contributed by atoms with van der Waals surface area (Å²) in [5, 5.41) is 0. The molecule has 6 heteroatoms. The summed E-state index contributed by atoms with van der Waals surface area (Å²) in [4.78, 5) is 0. The van der Waals surface area contributed by atoms with Crippen molar-refractivity contribution in [1.29, 1.82) is 0 Å². The zero-order valence-electron chi connectivity index (χ0n) is 9.48. The van der Waals surface area contributed by atoms with Crippen LogP contribution in [-0.4, -0.2) is 48.7 Å². The summed E-state index contributed by atoms with van der Waals surface area (Å²) >= 11 is 0. The Labute approximate surface area is 92.3 Å². The van der Waals surface area contributed by atoms with Crippen LogP contribution in [0.5, 0.6) is 0 Å². The lowest BCUT2D eigenvalue weighted by atomic mass is 10.1. The fourth-order valence-electron chi connectivity index (χ4n) is 2.04. The molecule has 0 spiro atoms. The van der Waals surface area contributed by atoms with Gasteiger partial charge in [-0.05, 0) is 25.7 Å². The first-order valence-corrected chi connectivity index (χ1v) is 6.65. The fraction of sp³-hybridized carbons (Fsp3) is 1.00. The lowest BCUT2D eigenvalue weighted by Gasteiger charge is -2.37. The Morgan fingerprint density at radius 1 is 1.27 bits per heavy atom. The van der Waals surface area contributed by atoms with E-state index in [1.807, 2.05) is 0 Å². The molecule has 0 unspecified atom stereocenters. The molecule has 1 N–H and O–H groups in total. The van der Waals surface area contributed by atoms with Gasteiger partial charge in [0.1, 0.15) is 0 Å². The Kier molecular flexibility index (Phi) is 6.35. The van der Waals surface area contributed by atoms with Crippen molar-refractivity contribution < 1.29 is 22.0 Å². The smallest absolute Gasteiger partial charge is 0.215 e. The molecule has 1 aliphatic rings. The molecule has 0 aromatic heterocycles. The van der Waals surface area contributed by atoms with Crippen molar-refractivity contribution in [3.63, 3.8) is 0 Å². The monoisotopic (exact) mass is 239 g/mol. The van der Waals surface area contributed by atoms with E-state index < -0.39 is 10.4 Å². The molecule has 0 saturated carbocycles. The minimum atomic E-state index is -4.92. The summed E-state index contributed by atoms with van der Waals surface area (Å²) in [7, 11) is -2.51. The Morgan fingerprint density at radius 2 is 1.67 bits per heavy atom. The van der Waals surface area contributed by atoms with Crippen LogP contribution in [0, 0.1) is 0 Å². The lowest BCUT2D eigenvalue weighted by Crippen LogP contribution is -2.48. The third-order valence-corrected chi connectivity index (χ3v) is 2.66. The Morgan fingerprint density at radius 3 is 2.00 bits per heavy atom. The van der Waals surface area contributed by atoms with E-state index in [1.165, 1.54) is 49.8 Å². The largest absolute Gasteiger partial charge is 0.726 e. The fourth-order valence-corrected chi connectivity index (χ4v) is 2.04. The van der Waals surface area contributed by atoms with Gasteiger partial charge >= 0.3 is 0 Å². The summed E-state index contributed by atoms with van der Waals surface area (Å²) in [6.07, 6.45) is 5.72. The van der Waals surface area contributed by atoms with Gasteiger partial charge in [-0.1, -0.05) is 6.92 Å². The number of likely N-dealkylation sites (tertiary alicyclic amines) is 1. The molecular formula is C9H21NO4S. The van der Waals surface area contributed by atoms with Crippen LogP contribution in [0.1, 0.15) is 32.6 Å². The molecule has 1 aliphatic heterocycles. The topological polar surface area (TPSA) is 77.4 Å². The molecule has 92 valence electrons. The third kappa shape index (κ3) is 10.1. The highest BCUT2D eigenvalue weighted by Crippen LogP contribution is 2.15. The summed E-state index contributed by atoms with van der Waals surface area (Å²) < 4.78 is 34.2. The SMILES string of the molecule is CCC[N+]1(C)CCCCC1.O=S(=O)([O-])O. The van der Waals surface area contributed by atoms with E-state index in [2.05, 4.69) is 14.0 Å². The van der Waals surface area contributed by atoms with Crippen molar-refractivity contribution in [2.75, 3.05) is 26.7 Å².